The summed E-state index contributed by atoms with van der Waals surface area (Å²) in [4.78, 5) is 13.3. The average Bonchev–Trinajstić information content (AvgIpc) is 3.21. The number of carbonyl (C=O) groups is 1. The molecule has 0 spiro atoms. The maximum Gasteiger partial charge on any atom is 0.321 e. The van der Waals surface area contributed by atoms with Crippen LogP contribution in [0, 0.1) is 11.8 Å². The molecule has 1 aromatic heterocycles. The third-order valence-electron chi connectivity index (χ3n) is 3.43. The lowest BCUT2D eigenvalue weighted by Crippen LogP contribution is -2.27. The highest BCUT2D eigenvalue weighted by atomic mass is 79.9. The van der Waals surface area contributed by atoms with Crippen LogP contribution in [-0.4, -0.2) is 34.1 Å². The van der Waals surface area contributed by atoms with E-state index < -0.39 is 10.0 Å². The number of nitrogens with zero attached hydrogens (tertiary/aromatic N) is 1. The van der Waals surface area contributed by atoms with Gasteiger partial charge < -0.3 is 5.32 Å². The first-order chi connectivity index (χ1) is 12.0. The molecule has 1 aromatic carbocycles. The molecule has 1 saturated heterocycles. The molecular weight excluding hydrogens is 426 g/mol. The lowest BCUT2D eigenvalue weighted by molar-refractivity contribution is 0.252. The Bertz CT molecular complexity index is 943. The van der Waals surface area contributed by atoms with E-state index in [9.17, 15) is 13.2 Å². The van der Waals surface area contributed by atoms with Gasteiger partial charge in [-0.05, 0) is 52.3 Å². The highest BCUT2D eigenvalue weighted by Crippen LogP contribution is 2.25. The minimum atomic E-state index is -3.53. The second-order valence-electron chi connectivity index (χ2n) is 5.12. The number of rotatable bonds is 4. The van der Waals surface area contributed by atoms with Crippen molar-refractivity contribution in [3.05, 3.63) is 45.7 Å². The van der Waals surface area contributed by atoms with E-state index in [0.29, 0.717) is 13.1 Å². The second kappa shape index (κ2) is 7.58. The van der Waals surface area contributed by atoms with Gasteiger partial charge in [0.15, 0.2) is 0 Å². The zero-order chi connectivity index (χ0) is 17.9. The first kappa shape index (κ1) is 17.9. The quantitative estimate of drug-likeness (QED) is 0.717. The molecular formula is C16H14BrN3O3S2. The molecule has 2 aromatic rings. The Morgan fingerprint density at radius 1 is 1.24 bits per heavy atom. The standard InChI is InChI=1S/C16H14BrN3O3S2/c17-14-7-8-15(24-14)25(22,23)19-9-1-2-12-3-5-13(6-4-12)20-11-10-18-16(20)21/h3-8,19H,9-11H2,(H,18,21). The number of thiophene rings is 1. The molecule has 2 heterocycles. The number of benzene rings is 1. The predicted octanol–water partition coefficient (Wildman–Crippen LogP) is 2.37. The summed E-state index contributed by atoms with van der Waals surface area (Å²) in [6.45, 7) is 1.31. The number of hydrogen-bond donors (Lipinski definition) is 2. The van der Waals surface area contributed by atoms with Crippen molar-refractivity contribution >= 4 is 49.0 Å². The second-order valence-corrected chi connectivity index (χ2v) is 9.57. The molecule has 1 fully saturated rings. The van der Waals surface area contributed by atoms with Gasteiger partial charge in [0, 0.05) is 24.3 Å². The minimum absolute atomic E-state index is 0.0220. The predicted molar refractivity (Wildman–Crippen MR) is 101 cm³/mol. The Morgan fingerprint density at radius 3 is 2.60 bits per heavy atom. The largest absolute Gasteiger partial charge is 0.336 e. The Hall–Kier alpha value is -1.86. The molecule has 0 unspecified atom stereocenters. The summed E-state index contributed by atoms with van der Waals surface area (Å²) >= 11 is 4.38. The van der Waals surface area contributed by atoms with Crippen LogP contribution in [0.2, 0.25) is 0 Å². The van der Waals surface area contributed by atoms with Crippen molar-refractivity contribution in [2.75, 3.05) is 24.5 Å². The van der Waals surface area contributed by atoms with Gasteiger partial charge >= 0.3 is 6.03 Å². The van der Waals surface area contributed by atoms with Gasteiger partial charge in [-0.15, -0.1) is 11.3 Å². The van der Waals surface area contributed by atoms with Crippen molar-refractivity contribution < 1.29 is 13.2 Å². The zero-order valence-corrected chi connectivity index (χ0v) is 16.2. The van der Waals surface area contributed by atoms with E-state index in [1.807, 2.05) is 12.1 Å². The van der Waals surface area contributed by atoms with Crippen molar-refractivity contribution in [1.82, 2.24) is 10.0 Å². The number of anilines is 1. The number of hydrogen-bond acceptors (Lipinski definition) is 4. The van der Waals surface area contributed by atoms with Crippen molar-refractivity contribution in [2.24, 2.45) is 0 Å². The van der Waals surface area contributed by atoms with Crippen LogP contribution in [0.4, 0.5) is 10.5 Å². The molecule has 1 aliphatic heterocycles. The SMILES string of the molecule is O=C1NCCN1c1ccc(C#CCNS(=O)(=O)c2ccc(Br)s2)cc1. The molecule has 1 aliphatic rings. The molecule has 2 amide bonds. The Morgan fingerprint density at radius 2 is 2.00 bits per heavy atom. The van der Waals surface area contributed by atoms with E-state index in [-0.39, 0.29) is 16.8 Å². The van der Waals surface area contributed by atoms with Crippen LogP contribution in [0.25, 0.3) is 0 Å². The van der Waals surface area contributed by atoms with Crippen LogP contribution in [-0.2, 0) is 10.0 Å². The maximum atomic E-state index is 12.0. The lowest BCUT2D eigenvalue weighted by Gasteiger charge is -2.13. The molecule has 0 bridgehead atoms. The van der Waals surface area contributed by atoms with Gasteiger partial charge in [0.25, 0.3) is 10.0 Å². The van der Waals surface area contributed by atoms with Gasteiger partial charge in [0.05, 0.1) is 10.3 Å². The summed E-state index contributed by atoms with van der Waals surface area (Å²) in [6, 6.07) is 10.4. The summed E-state index contributed by atoms with van der Waals surface area (Å²) in [5.74, 6) is 5.69. The Balaban J connectivity index is 1.59. The van der Waals surface area contributed by atoms with Crippen molar-refractivity contribution in [2.45, 2.75) is 4.21 Å². The van der Waals surface area contributed by atoms with Crippen LogP contribution in [0.5, 0.6) is 0 Å². The maximum absolute atomic E-state index is 12.0. The molecule has 0 saturated carbocycles. The molecule has 9 heteroatoms. The highest BCUT2D eigenvalue weighted by Gasteiger charge is 2.20. The number of amides is 2. The molecule has 25 heavy (non-hydrogen) atoms. The fourth-order valence-corrected chi connectivity index (χ4v) is 5.21. The molecule has 0 atom stereocenters. The normalized spacial score (nSPS) is 14.1. The first-order valence-corrected chi connectivity index (χ1v) is 10.4. The number of urea groups is 1. The molecule has 0 radical (unpaired) electrons. The molecule has 6 nitrogen and oxygen atoms in total. The number of halogens is 1. The monoisotopic (exact) mass is 439 g/mol. The molecule has 2 N–H and O–H groups in total. The minimum Gasteiger partial charge on any atom is -0.336 e. The van der Waals surface area contributed by atoms with E-state index in [4.69, 9.17) is 0 Å². The third kappa shape index (κ3) is 4.41. The van der Waals surface area contributed by atoms with Crippen LogP contribution in [0.15, 0.2) is 44.4 Å². The zero-order valence-electron chi connectivity index (χ0n) is 13.0. The van der Waals surface area contributed by atoms with Gasteiger partial charge in [-0.2, -0.15) is 4.72 Å². The number of nitrogens with one attached hydrogen (secondary N) is 2. The van der Waals surface area contributed by atoms with Crippen LogP contribution in [0.3, 0.4) is 0 Å². The highest BCUT2D eigenvalue weighted by molar-refractivity contribution is 9.11. The summed E-state index contributed by atoms with van der Waals surface area (Å²) in [5.41, 5.74) is 1.56. The Kier molecular flexibility index (Phi) is 5.44. The van der Waals surface area contributed by atoms with Crippen molar-refractivity contribution in [3.8, 4) is 11.8 Å². The lowest BCUT2D eigenvalue weighted by atomic mass is 10.2. The first-order valence-electron chi connectivity index (χ1n) is 7.35. The van der Waals surface area contributed by atoms with E-state index in [1.165, 1.54) is 6.07 Å². The smallest absolute Gasteiger partial charge is 0.321 e. The van der Waals surface area contributed by atoms with Crippen molar-refractivity contribution in [3.63, 3.8) is 0 Å². The van der Waals surface area contributed by atoms with E-state index in [0.717, 1.165) is 26.4 Å². The molecule has 130 valence electrons. The Labute approximate surface area is 158 Å². The van der Waals surface area contributed by atoms with Gasteiger partial charge in [-0.1, -0.05) is 11.8 Å². The number of sulfonamides is 1. The molecule has 3 rings (SSSR count). The van der Waals surface area contributed by atoms with Crippen LogP contribution >= 0.6 is 27.3 Å². The number of carbonyl (C=O) groups excluding carboxylic acids is 1. The van der Waals surface area contributed by atoms with Crippen LogP contribution < -0.4 is 14.9 Å². The summed E-state index contributed by atoms with van der Waals surface area (Å²) in [7, 11) is -3.53. The van der Waals surface area contributed by atoms with E-state index in [1.54, 1.807) is 23.1 Å². The van der Waals surface area contributed by atoms with Crippen LogP contribution in [0.1, 0.15) is 5.56 Å². The fraction of sp³-hybridized carbons (Fsp3) is 0.188. The third-order valence-corrected chi connectivity index (χ3v) is 6.95. The van der Waals surface area contributed by atoms with Gasteiger partial charge in [0.1, 0.15) is 4.21 Å². The van der Waals surface area contributed by atoms with Gasteiger partial charge in [0.2, 0.25) is 0 Å². The summed E-state index contributed by atoms with van der Waals surface area (Å²) in [5, 5.41) is 2.75. The topological polar surface area (TPSA) is 78.5 Å². The van der Waals surface area contributed by atoms with Crippen molar-refractivity contribution in [1.29, 1.82) is 0 Å². The van der Waals surface area contributed by atoms with E-state index >= 15 is 0 Å². The fourth-order valence-electron chi connectivity index (χ4n) is 2.23. The van der Waals surface area contributed by atoms with Gasteiger partial charge in [-0.25, -0.2) is 13.2 Å². The molecule has 0 aliphatic carbocycles. The summed E-state index contributed by atoms with van der Waals surface area (Å²) < 4.78 is 27.5. The summed E-state index contributed by atoms with van der Waals surface area (Å²) in [6.07, 6.45) is 0. The van der Waals surface area contributed by atoms with E-state index in [2.05, 4.69) is 37.8 Å². The average molecular weight is 440 g/mol. The van der Waals surface area contributed by atoms with Gasteiger partial charge in [-0.3, -0.25) is 4.90 Å².